The highest BCUT2D eigenvalue weighted by Crippen LogP contribution is 2.24. The van der Waals surface area contributed by atoms with Crippen molar-refractivity contribution in [3.05, 3.63) is 22.4 Å². The third-order valence-corrected chi connectivity index (χ3v) is 3.93. The zero-order valence-corrected chi connectivity index (χ0v) is 9.67. The minimum atomic E-state index is -0.0182. The Morgan fingerprint density at radius 2 is 2.53 bits per heavy atom. The summed E-state index contributed by atoms with van der Waals surface area (Å²) >= 11 is 1.64. The summed E-state index contributed by atoms with van der Waals surface area (Å²) < 4.78 is 0. The molecular weight excluding hydrogens is 208 g/mol. The fraction of sp³-hybridized carbons (Fsp3) is 0.545. The zero-order valence-electron chi connectivity index (χ0n) is 8.85. The molecule has 82 valence electrons. The number of amides is 1. The van der Waals surface area contributed by atoms with Crippen LogP contribution in [0.25, 0.3) is 0 Å². The molecule has 0 aromatic carbocycles. The van der Waals surface area contributed by atoms with Gasteiger partial charge >= 0.3 is 0 Å². The molecular formula is C11H16N2OS. The lowest BCUT2D eigenvalue weighted by Gasteiger charge is -2.19. The summed E-state index contributed by atoms with van der Waals surface area (Å²) in [6.45, 7) is 3.50. The minimum Gasteiger partial charge on any atom is -0.341 e. The number of thiophene rings is 1. The van der Waals surface area contributed by atoms with Gasteiger partial charge in [-0.05, 0) is 24.8 Å². The Bertz CT molecular complexity index is 336. The van der Waals surface area contributed by atoms with E-state index in [9.17, 15) is 4.79 Å². The van der Waals surface area contributed by atoms with E-state index in [1.54, 1.807) is 11.3 Å². The molecule has 1 unspecified atom stereocenters. The van der Waals surface area contributed by atoms with E-state index in [2.05, 4.69) is 0 Å². The Morgan fingerprint density at radius 3 is 3.07 bits per heavy atom. The molecule has 1 saturated heterocycles. The Labute approximate surface area is 93.9 Å². The second-order valence-corrected chi connectivity index (χ2v) is 5.05. The second kappa shape index (κ2) is 4.33. The van der Waals surface area contributed by atoms with Crippen molar-refractivity contribution in [3.8, 4) is 0 Å². The van der Waals surface area contributed by atoms with Gasteiger partial charge in [-0.1, -0.05) is 6.07 Å². The van der Waals surface area contributed by atoms with Gasteiger partial charge in [0.15, 0.2) is 0 Å². The minimum absolute atomic E-state index is 0.0182. The van der Waals surface area contributed by atoms with E-state index in [0.717, 1.165) is 17.8 Å². The number of rotatable bonds is 2. The van der Waals surface area contributed by atoms with Crippen molar-refractivity contribution < 1.29 is 4.79 Å². The van der Waals surface area contributed by atoms with Gasteiger partial charge in [0.05, 0.1) is 5.92 Å². The van der Waals surface area contributed by atoms with Crippen LogP contribution in [0.1, 0.15) is 24.1 Å². The van der Waals surface area contributed by atoms with E-state index in [1.165, 1.54) is 0 Å². The quantitative estimate of drug-likeness (QED) is 0.825. The molecule has 2 heterocycles. The van der Waals surface area contributed by atoms with E-state index in [4.69, 9.17) is 5.73 Å². The van der Waals surface area contributed by atoms with E-state index < -0.39 is 0 Å². The van der Waals surface area contributed by atoms with Crippen LogP contribution in [0.15, 0.2) is 17.5 Å². The molecule has 3 nitrogen and oxygen atoms in total. The highest BCUT2D eigenvalue weighted by molar-refractivity contribution is 7.10. The third-order valence-electron chi connectivity index (χ3n) is 2.88. The predicted octanol–water partition coefficient (Wildman–Crippen LogP) is 1.41. The zero-order chi connectivity index (χ0) is 10.8. The Balaban J connectivity index is 2.02. The molecule has 0 saturated carbocycles. The van der Waals surface area contributed by atoms with Crippen molar-refractivity contribution >= 4 is 17.2 Å². The standard InChI is InChI=1S/C11H16N2OS/c1-8(10-3-2-6-15-10)11(14)13-5-4-9(12)7-13/h2-3,6,8-9H,4-5,7,12H2,1H3/t8?,9-/m0/s1. The summed E-state index contributed by atoms with van der Waals surface area (Å²) in [5, 5.41) is 2.01. The Kier molecular flexibility index (Phi) is 3.07. The molecule has 1 fully saturated rings. The lowest BCUT2D eigenvalue weighted by molar-refractivity contribution is -0.131. The largest absolute Gasteiger partial charge is 0.341 e. The molecule has 1 amide bonds. The fourth-order valence-electron chi connectivity index (χ4n) is 1.92. The first-order valence-corrected chi connectivity index (χ1v) is 6.14. The van der Waals surface area contributed by atoms with Gasteiger partial charge < -0.3 is 10.6 Å². The molecule has 2 rings (SSSR count). The topological polar surface area (TPSA) is 46.3 Å². The molecule has 1 aliphatic rings. The van der Waals surface area contributed by atoms with Crippen molar-refractivity contribution in [1.82, 2.24) is 4.90 Å². The van der Waals surface area contributed by atoms with Gasteiger partial charge in [-0.3, -0.25) is 4.79 Å². The monoisotopic (exact) mass is 224 g/mol. The highest BCUT2D eigenvalue weighted by Gasteiger charge is 2.27. The van der Waals surface area contributed by atoms with Gasteiger partial charge in [0.25, 0.3) is 0 Å². The van der Waals surface area contributed by atoms with Crippen LogP contribution >= 0.6 is 11.3 Å². The van der Waals surface area contributed by atoms with Crippen molar-refractivity contribution in [2.45, 2.75) is 25.3 Å². The van der Waals surface area contributed by atoms with Gasteiger partial charge in [0.1, 0.15) is 0 Å². The van der Waals surface area contributed by atoms with E-state index >= 15 is 0 Å². The summed E-state index contributed by atoms with van der Waals surface area (Å²) in [5.74, 6) is 0.195. The van der Waals surface area contributed by atoms with Crippen molar-refractivity contribution in [3.63, 3.8) is 0 Å². The van der Waals surface area contributed by atoms with Crippen LogP contribution in [0.5, 0.6) is 0 Å². The number of hydrogen-bond donors (Lipinski definition) is 1. The first-order chi connectivity index (χ1) is 7.18. The Hall–Kier alpha value is -0.870. The normalized spacial score (nSPS) is 23.1. The molecule has 15 heavy (non-hydrogen) atoms. The number of likely N-dealkylation sites (tertiary alicyclic amines) is 1. The molecule has 1 aromatic heterocycles. The molecule has 4 heteroatoms. The number of nitrogens with zero attached hydrogens (tertiary/aromatic N) is 1. The molecule has 1 aromatic rings. The summed E-state index contributed by atoms with van der Waals surface area (Å²) in [6.07, 6.45) is 0.933. The predicted molar refractivity (Wildman–Crippen MR) is 61.9 cm³/mol. The van der Waals surface area contributed by atoms with Crippen LogP contribution in [-0.4, -0.2) is 29.9 Å². The maximum absolute atomic E-state index is 12.1. The molecule has 1 aliphatic heterocycles. The van der Waals surface area contributed by atoms with Crippen LogP contribution in [0.3, 0.4) is 0 Å². The van der Waals surface area contributed by atoms with E-state index in [-0.39, 0.29) is 17.9 Å². The molecule has 0 spiro atoms. The third kappa shape index (κ3) is 2.21. The maximum Gasteiger partial charge on any atom is 0.230 e. The van der Waals surface area contributed by atoms with Crippen LogP contribution in [0.2, 0.25) is 0 Å². The molecule has 0 bridgehead atoms. The number of carbonyl (C=O) groups is 1. The molecule has 2 atom stereocenters. The van der Waals surface area contributed by atoms with Crippen molar-refractivity contribution in [1.29, 1.82) is 0 Å². The maximum atomic E-state index is 12.1. The van der Waals surface area contributed by atoms with Crippen molar-refractivity contribution in [2.24, 2.45) is 5.73 Å². The van der Waals surface area contributed by atoms with Gasteiger partial charge in [-0.15, -0.1) is 11.3 Å². The average molecular weight is 224 g/mol. The number of hydrogen-bond acceptors (Lipinski definition) is 3. The second-order valence-electron chi connectivity index (χ2n) is 4.07. The number of nitrogens with two attached hydrogens (primary N) is 1. The summed E-state index contributed by atoms with van der Waals surface area (Å²) in [4.78, 5) is 15.1. The first-order valence-electron chi connectivity index (χ1n) is 5.26. The SMILES string of the molecule is CC(C(=O)N1CC[C@H](N)C1)c1cccs1. The number of carbonyl (C=O) groups excluding carboxylic acids is 1. The Morgan fingerprint density at radius 1 is 1.73 bits per heavy atom. The van der Waals surface area contributed by atoms with Crippen molar-refractivity contribution in [2.75, 3.05) is 13.1 Å². The summed E-state index contributed by atoms with van der Waals surface area (Å²) in [6, 6.07) is 4.17. The van der Waals surface area contributed by atoms with Crippen LogP contribution in [0, 0.1) is 0 Å². The van der Waals surface area contributed by atoms with Gasteiger partial charge in [0.2, 0.25) is 5.91 Å². The van der Waals surface area contributed by atoms with Crippen LogP contribution < -0.4 is 5.73 Å². The fourth-order valence-corrected chi connectivity index (χ4v) is 2.70. The van der Waals surface area contributed by atoms with Gasteiger partial charge in [-0.2, -0.15) is 0 Å². The van der Waals surface area contributed by atoms with Crippen LogP contribution in [0.4, 0.5) is 0 Å². The van der Waals surface area contributed by atoms with Crippen LogP contribution in [-0.2, 0) is 4.79 Å². The lowest BCUT2D eigenvalue weighted by atomic mass is 10.1. The smallest absolute Gasteiger partial charge is 0.230 e. The average Bonchev–Trinajstić information content (AvgIpc) is 2.85. The highest BCUT2D eigenvalue weighted by atomic mass is 32.1. The molecule has 0 aliphatic carbocycles. The summed E-state index contributed by atoms with van der Waals surface area (Å²) in [7, 11) is 0. The first kappa shape index (κ1) is 10.6. The molecule has 2 N–H and O–H groups in total. The molecule has 0 radical (unpaired) electrons. The van der Waals surface area contributed by atoms with Gasteiger partial charge in [0, 0.05) is 24.0 Å². The lowest BCUT2D eigenvalue weighted by Crippen LogP contribution is -2.34. The van der Waals surface area contributed by atoms with E-state index in [0.29, 0.717) is 6.54 Å². The van der Waals surface area contributed by atoms with E-state index in [1.807, 2.05) is 29.3 Å². The van der Waals surface area contributed by atoms with Gasteiger partial charge in [-0.25, -0.2) is 0 Å². The summed E-state index contributed by atoms with van der Waals surface area (Å²) in [5.41, 5.74) is 5.79.